The van der Waals surface area contributed by atoms with Crippen molar-refractivity contribution in [3.63, 3.8) is 0 Å². The van der Waals surface area contributed by atoms with Gasteiger partial charge in [0.25, 0.3) is 0 Å². The molecule has 138 valence electrons. The van der Waals surface area contributed by atoms with Crippen molar-refractivity contribution in [3.8, 4) is 5.69 Å². The van der Waals surface area contributed by atoms with Crippen LogP contribution in [0.2, 0.25) is 0 Å². The molecule has 0 saturated carbocycles. The molecule has 1 N–H and O–H groups in total. The van der Waals surface area contributed by atoms with E-state index >= 15 is 0 Å². The van der Waals surface area contributed by atoms with Gasteiger partial charge in [0.1, 0.15) is 6.33 Å². The lowest BCUT2D eigenvalue weighted by Gasteiger charge is -2.32. The van der Waals surface area contributed by atoms with Gasteiger partial charge in [-0.2, -0.15) is 0 Å². The van der Waals surface area contributed by atoms with Crippen LogP contribution in [-0.2, 0) is 14.3 Å². The average molecular weight is 358 g/mol. The molecule has 0 radical (unpaired) electrons. The number of tetrazole rings is 1. The van der Waals surface area contributed by atoms with Gasteiger partial charge in [0.2, 0.25) is 11.8 Å². The molecule has 1 aromatic carbocycles. The maximum Gasteiger partial charge on any atom is 0.229 e. The Morgan fingerprint density at radius 2 is 2.27 bits per heavy atom. The second kappa shape index (κ2) is 8.52. The van der Waals surface area contributed by atoms with Crippen LogP contribution in [0.25, 0.3) is 5.69 Å². The highest BCUT2D eigenvalue weighted by Crippen LogP contribution is 2.20. The first-order valence-corrected chi connectivity index (χ1v) is 8.58. The Hall–Kier alpha value is -2.81. The first-order valence-electron chi connectivity index (χ1n) is 8.58. The lowest BCUT2D eigenvalue weighted by Crippen LogP contribution is -2.44. The number of benzene rings is 1. The molecule has 2 heterocycles. The predicted molar refractivity (Wildman–Crippen MR) is 93.6 cm³/mol. The molecule has 26 heavy (non-hydrogen) atoms. The van der Waals surface area contributed by atoms with Crippen molar-refractivity contribution in [1.29, 1.82) is 0 Å². The zero-order valence-corrected chi connectivity index (χ0v) is 14.7. The zero-order chi connectivity index (χ0) is 18.4. The summed E-state index contributed by atoms with van der Waals surface area (Å²) in [6.45, 7) is 1.54. The minimum Gasteiger partial charge on any atom is -0.384 e. The Morgan fingerprint density at radius 3 is 3.04 bits per heavy atom. The number of nitrogens with one attached hydrogen (secondary N) is 1. The SMILES string of the molecule is COCCC(=O)N1CCC[C@@H](C(=O)Nc2cccc(-n3cnnn3)c2)C1. The number of piperidine rings is 1. The van der Waals surface area contributed by atoms with Crippen LogP contribution < -0.4 is 5.32 Å². The fraction of sp³-hybridized carbons (Fsp3) is 0.471. The third-order valence-corrected chi connectivity index (χ3v) is 4.39. The molecule has 0 bridgehead atoms. The predicted octanol–water partition coefficient (Wildman–Crippen LogP) is 0.876. The third kappa shape index (κ3) is 4.42. The molecular formula is C17H22N6O3. The van der Waals surface area contributed by atoms with E-state index in [1.54, 1.807) is 18.1 Å². The van der Waals surface area contributed by atoms with Crippen molar-refractivity contribution < 1.29 is 14.3 Å². The van der Waals surface area contributed by atoms with E-state index < -0.39 is 0 Å². The van der Waals surface area contributed by atoms with Crippen LogP contribution in [0.4, 0.5) is 5.69 Å². The Labute approximate surface area is 151 Å². The molecule has 1 aliphatic rings. The van der Waals surface area contributed by atoms with Gasteiger partial charge >= 0.3 is 0 Å². The van der Waals surface area contributed by atoms with Gasteiger partial charge in [-0.05, 0) is 41.5 Å². The van der Waals surface area contributed by atoms with E-state index in [0.717, 1.165) is 18.5 Å². The number of hydrogen-bond donors (Lipinski definition) is 1. The maximum absolute atomic E-state index is 12.6. The topological polar surface area (TPSA) is 102 Å². The van der Waals surface area contributed by atoms with E-state index in [2.05, 4.69) is 20.8 Å². The van der Waals surface area contributed by atoms with Gasteiger partial charge in [-0.3, -0.25) is 9.59 Å². The molecule has 0 aliphatic carbocycles. The highest BCUT2D eigenvalue weighted by molar-refractivity contribution is 5.93. The first-order chi connectivity index (χ1) is 12.7. The summed E-state index contributed by atoms with van der Waals surface area (Å²) in [5, 5.41) is 14.0. The van der Waals surface area contributed by atoms with Gasteiger partial charge in [-0.15, -0.1) is 5.10 Å². The van der Waals surface area contributed by atoms with Gasteiger partial charge in [0.05, 0.1) is 24.6 Å². The quantitative estimate of drug-likeness (QED) is 0.822. The van der Waals surface area contributed by atoms with E-state index in [1.165, 1.54) is 11.0 Å². The van der Waals surface area contributed by atoms with Crippen molar-refractivity contribution in [2.45, 2.75) is 19.3 Å². The molecule has 1 saturated heterocycles. The molecular weight excluding hydrogens is 336 g/mol. The summed E-state index contributed by atoms with van der Waals surface area (Å²) in [7, 11) is 1.57. The number of carbonyl (C=O) groups is 2. The van der Waals surface area contributed by atoms with Gasteiger partial charge in [0, 0.05) is 25.9 Å². The molecule has 1 atom stereocenters. The van der Waals surface area contributed by atoms with E-state index in [9.17, 15) is 9.59 Å². The van der Waals surface area contributed by atoms with Crippen LogP contribution in [0.5, 0.6) is 0 Å². The summed E-state index contributed by atoms with van der Waals surface area (Å²) in [5.41, 5.74) is 1.43. The molecule has 2 amide bonds. The van der Waals surface area contributed by atoms with E-state index in [4.69, 9.17) is 4.74 Å². The molecule has 1 fully saturated rings. The minimum absolute atomic E-state index is 0.0324. The van der Waals surface area contributed by atoms with Crippen LogP contribution in [0.15, 0.2) is 30.6 Å². The van der Waals surface area contributed by atoms with Crippen LogP contribution in [-0.4, -0.2) is 63.7 Å². The normalized spacial score (nSPS) is 17.1. The van der Waals surface area contributed by atoms with Crippen LogP contribution in [0.1, 0.15) is 19.3 Å². The van der Waals surface area contributed by atoms with E-state index in [1.807, 2.05) is 18.2 Å². The number of anilines is 1. The van der Waals surface area contributed by atoms with Gasteiger partial charge in [-0.25, -0.2) is 4.68 Å². The fourth-order valence-electron chi connectivity index (χ4n) is 3.02. The molecule has 3 rings (SSSR count). The first kappa shape index (κ1) is 18.0. The number of nitrogens with zero attached hydrogens (tertiary/aromatic N) is 5. The second-order valence-electron chi connectivity index (χ2n) is 6.22. The number of ether oxygens (including phenoxy) is 1. The highest BCUT2D eigenvalue weighted by Gasteiger charge is 2.28. The van der Waals surface area contributed by atoms with Crippen LogP contribution in [0, 0.1) is 5.92 Å². The number of methoxy groups -OCH3 is 1. The Balaban J connectivity index is 1.61. The standard InChI is InChI=1S/C17H22N6O3/c1-26-9-7-16(24)22-8-3-4-13(11-22)17(25)19-14-5-2-6-15(10-14)23-12-18-20-21-23/h2,5-6,10,12-13H,3-4,7-9,11H2,1H3,(H,19,25)/t13-/m1/s1. The Morgan fingerprint density at radius 1 is 1.38 bits per heavy atom. The van der Waals surface area contributed by atoms with Crippen molar-refractivity contribution in [2.24, 2.45) is 5.92 Å². The van der Waals surface area contributed by atoms with Crippen molar-refractivity contribution in [3.05, 3.63) is 30.6 Å². The number of likely N-dealkylation sites (tertiary alicyclic amines) is 1. The summed E-state index contributed by atoms with van der Waals surface area (Å²) in [6.07, 6.45) is 3.43. The number of aromatic nitrogens is 4. The number of rotatable bonds is 6. The molecule has 2 aromatic rings. The van der Waals surface area contributed by atoms with Gasteiger partial charge in [-0.1, -0.05) is 6.07 Å². The lowest BCUT2D eigenvalue weighted by molar-refractivity contribution is -0.135. The Bertz CT molecular complexity index is 749. The zero-order valence-electron chi connectivity index (χ0n) is 14.7. The smallest absolute Gasteiger partial charge is 0.229 e. The summed E-state index contributed by atoms with van der Waals surface area (Å²) in [4.78, 5) is 26.5. The van der Waals surface area contributed by atoms with Crippen LogP contribution >= 0.6 is 0 Å². The summed E-state index contributed by atoms with van der Waals surface area (Å²) in [5.74, 6) is -0.264. The number of amides is 2. The lowest BCUT2D eigenvalue weighted by atomic mass is 9.96. The molecule has 9 nitrogen and oxygen atoms in total. The van der Waals surface area contributed by atoms with Gasteiger partial charge in [0.15, 0.2) is 0 Å². The monoisotopic (exact) mass is 358 g/mol. The largest absolute Gasteiger partial charge is 0.384 e. The van der Waals surface area contributed by atoms with Crippen molar-refractivity contribution in [2.75, 3.05) is 32.1 Å². The molecule has 0 spiro atoms. The summed E-state index contributed by atoms with van der Waals surface area (Å²) >= 11 is 0. The van der Waals surface area contributed by atoms with Gasteiger partial charge < -0.3 is 15.0 Å². The molecule has 0 unspecified atom stereocenters. The summed E-state index contributed by atoms with van der Waals surface area (Å²) < 4.78 is 6.48. The highest BCUT2D eigenvalue weighted by atomic mass is 16.5. The Kier molecular flexibility index (Phi) is 5.90. The number of hydrogen-bond acceptors (Lipinski definition) is 6. The average Bonchev–Trinajstić information content (AvgIpc) is 3.21. The van der Waals surface area contributed by atoms with Crippen molar-refractivity contribution in [1.82, 2.24) is 25.1 Å². The fourth-order valence-corrected chi connectivity index (χ4v) is 3.02. The molecule has 9 heteroatoms. The number of carbonyl (C=O) groups excluding carboxylic acids is 2. The third-order valence-electron chi connectivity index (χ3n) is 4.39. The van der Waals surface area contributed by atoms with E-state index in [0.29, 0.717) is 31.8 Å². The van der Waals surface area contributed by atoms with Crippen molar-refractivity contribution >= 4 is 17.5 Å². The minimum atomic E-state index is -0.216. The van der Waals surface area contributed by atoms with E-state index in [-0.39, 0.29) is 17.7 Å². The maximum atomic E-state index is 12.6. The van der Waals surface area contributed by atoms with Crippen LogP contribution in [0.3, 0.4) is 0 Å². The molecule has 1 aliphatic heterocycles. The second-order valence-corrected chi connectivity index (χ2v) is 6.22. The summed E-state index contributed by atoms with van der Waals surface area (Å²) in [6, 6.07) is 7.30. The molecule has 1 aromatic heterocycles.